The zero-order valence-corrected chi connectivity index (χ0v) is 15.4. The van der Waals surface area contributed by atoms with Crippen molar-refractivity contribution in [3.05, 3.63) is 48.4 Å². The molecule has 138 valence electrons. The molecule has 1 amide bonds. The number of hydrogen-bond acceptors (Lipinski definition) is 5. The van der Waals surface area contributed by atoms with Gasteiger partial charge in [0.2, 0.25) is 0 Å². The first-order valence-electron chi connectivity index (χ1n) is 9.43. The van der Waals surface area contributed by atoms with E-state index in [9.17, 15) is 4.79 Å². The summed E-state index contributed by atoms with van der Waals surface area (Å²) in [5, 5.41) is 3.28. The average Bonchev–Trinajstić information content (AvgIpc) is 2.72. The van der Waals surface area contributed by atoms with Gasteiger partial charge in [0.05, 0.1) is 0 Å². The number of aromatic nitrogens is 2. The second kappa shape index (κ2) is 9.17. The number of hydrogen-bond donors (Lipinski definition) is 1. The predicted molar refractivity (Wildman–Crippen MR) is 105 cm³/mol. The minimum atomic E-state index is -0.0169. The SMILES string of the molecule is CCCCCNc1cc(C(=O)N2CCN(c3ccccc3)CC2)ncn1. The molecule has 1 saturated heterocycles. The van der Waals surface area contributed by atoms with Gasteiger partial charge in [0.1, 0.15) is 17.8 Å². The summed E-state index contributed by atoms with van der Waals surface area (Å²) in [7, 11) is 0. The number of amides is 1. The maximum Gasteiger partial charge on any atom is 0.272 e. The third kappa shape index (κ3) is 4.71. The van der Waals surface area contributed by atoms with Crippen molar-refractivity contribution in [2.24, 2.45) is 0 Å². The maximum atomic E-state index is 12.8. The molecule has 2 heterocycles. The summed E-state index contributed by atoms with van der Waals surface area (Å²) in [5.74, 6) is 0.707. The van der Waals surface area contributed by atoms with E-state index in [0.29, 0.717) is 18.8 Å². The second-order valence-corrected chi connectivity index (χ2v) is 6.54. The van der Waals surface area contributed by atoms with Gasteiger partial charge in [0, 0.05) is 44.5 Å². The van der Waals surface area contributed by atoms with Gasteiger partial charge in [-0.25, -0.2) is 9.97 Å². The van der Waals surface area contributed by atoms with Crippen LogP contribution in [0.25, 0.3) is 0 Å². The first kappa shape index (κ1) is 18.2. The summed E-state index contributed by atoms with van der Waals surface area (Å²) in [6.07, 6.45) is 4.94. The van der Waals surface area contributed by atoms with Gasteiger partial charge in [-0.3, -0.25) is 4.79 Å². The molecule has 1 fully saturated rings. The van der Waals surface area contributed by atoms with Crippen LogP contribution in [0.4, 0.5) is 11.5 Å². The summed E-state index contributed by atoms with van der Waals surface area (Å²) in [5.41, 5.74) is 1.67. The normalized spacial score (nSPS) is 14.3. The van der Waals surface area contributed by atoms with Crippen LogP contribution in [0.5, 0.6) is 0 Å². The highest BCUT2D eigenvalue weighted by Gasteiger charge is 2.23. The van der Waals surface area contributed by atoms with E-state index in [1.165, 1.54) is 24.9 Å². The second-order valence-electron chi connectivity index (χ2n) is 6.54. The molecule has 1 aliphatic rings. The Kier molecular flexibility index (Phi) is 6.41. The Morgan fingerprint density at radius 3 is 2.58 bits per heavy atom. The molecule has 6 nitrogen and oxygen atoms in total. The standard InChI is InChI=1S/C20H27N5O/c1-2-3-7-10-21-19-15-18(22-16-23-19)20(26)25-13-11-24(12-14-25)17-8-5-4-6-9-17/h4-6,8-9,15-16H,2-3,7,10-14H2,1H3,(H,21,22,23). The fraction of sp³-hybridized carbons (Fsp3) is 0.450. The Morgan fingerprint density at radius 1 is 1.08 bits per heavy atom. The van der Waals surface area contributed by atoms with Crippen LogP contribution in [-0.4, -0.2) is 53.5 Å². The van der Waals surface area contributed by atoms with Crippen LogP contribution in [0.1, 0.15) is 36.7 Å². The first-order valence-corrected chi connectivity index (χ1v) is 9.43. The van der Waals surface area contributed by atoms with Crippen LogP contribution >= 0.6 is 0 Å². The van der Waals surface area contributed by atoms with E-state index in [0.717, 1.165) is 31.9 Å². The van der Waals surface area contributed by atoms with Crippen LogP contribution in [0.2, 0.25) is 0 Å². The van der Waals surface area contributed by atoms with Crippen molar-refractivity contribution in [3.63, 3.8) is 0 Å². The van der Waals surface area contributed by atoms with Gasteiger partial charge in [-0.2, -0.15) is 0 Å². The van der Waals surface area contributed by atoms with Gasteiger partial charge in [-0.15, -0.1) is 0 Å². The number of unbranched alkanes of at least 4 members (excludes halogenated alkanes) is 2. The minimum Gasteiger partial charge on any atom is -0.370 e. The Hall–Kier alpha value is -2.63. The number of nitrogens with zero attached hydrogens (tertiary/aromatic N) is 4. The zero-order valence-electron chi connectivity index (χ0n) is 15.4. The largest absolute Gasteiger partial charge is 0.370 e. The molecule has 0 radical (unpaired) electrons. The molecule has 2 aromatic rings. The zero-order chi connectivity index (χ0) is 18.2. The number of rotatable bonds is 7. The molecular weight excluding hydrogens is 326 g/mol. The fourth-order valence-electron chi connectivity index (χ4n) is 3.13. The molecule has 3 rings (SSSR count). The van der Waals surface area contributed by atoms with E-state index in [1.807, 2.05) is 23.1 Å². The van der Waals surface area contributed by atoms with Crippen LogP contribution in [0.3, 0.4) is 0 Å². The molecular formula is C20H27N5O. The highest BCUT2D eigenvalue weighted by atomic mass is 16.2. The topological polar surface area (TPSA) is 61.4 Å². The lowest BCUT2D eigenvalue weighted by atomic mass is 10.2. The minimum absolute atomic E-state index is 0.0169. The smallest absolute Gasteiger partial charge is 0.272 e. The van der Waals surface area contributed by atoms with Crippen molar-refractivity contribution in [2.75, 3.05) is 42.9 Å². The molecule has 6 heteroatoms. The van der Waals surface area contributed by atoms with Crippen molar-refractivity contribution >= 4 is 17.4 Å². The molecule has 0 aliphatic carbocycles. The van der Waals surface area contributed by atoms with E-state index < -0.39 is 0 Å². The van der Waals surface area contributed by atoms with Crippen LogP contribution in [0.15, 0.2) is 42.7 Å². The molecule has 0 bridgehead atoms. The van der Waals surface area contributed by atoms with E-state index >= 15 is 0 Å². The van der Waals surface area contributed by atoms with E-state index in [-0.39, 0.29) is 5.91 Å². The summed E-state index contributed by atoms with van der Waals surface area (Å²) < 4.78 is 0. The monoisotopic (exact) mass is 353 g/mol. The van der Waals surface area contributed by atoms with Gasteiger partial charge in [-0.1, -0.05) is 38.0 Å². The van der Waals surface area contributed by atoms with Gasteiger partial charge >= 0.3 is 0 Å². The lowest BCUT2D eigenvalue weighted by Gasteiger charge is -2.36. The maximum absolute atomic E-state index is 12.8. The number of para-hydroxylation sites is 1. The molecule has 26 heavy (non-hydrogen) atoms. The van der Waals surface area contributed by atoms with E-state index in [2.05, 4.69) is 39.2 Å². The third-order valence-electron chi connectivity index (χ3n) is 4.66. The van der Waals surface area contributed by atoms with Crippen LogP contribution < -0.4 is 10.2 Å². The molecule has 1 aromatic carbocycles. The summed E-state index contributed by atoms with van der Waals surface area (Å²) in [6, 6.07) is 12.1. The first-order chi connectivity index (χ1) is 12.8. The van der Waals surface area contributed by atoms with Gasteiger partial charge in [0.25, 0.3) is 5.91 Å². The van der Waals surface area contributed by atoms with Crippen molar-refractivity contribution in [3.8, 4) is 0 Å². The lowest BCUT2D eigenvalue weighted by molar-refractivity contribution is 0.0740. The molecule has 0 saturated carbocycles. The predicted octanol–water partition coefficient (Wildman–Crippen LogP) is 3.04. The molecule has 0 atom stereocenters. The van der Waals surface area contributed by atoms with E-state index in [1.54, 1.807) is 6.07 Å². The van der Waals surface area contributed by atoms with E-state index in [4.69, 9.17) is 0 Å². The van der Waals surface area contributed by atoms with Crippen molar-refractivity contribution in [1.29, 1.82) is 0 Å². The summed E-state index contributed by atoms with van der Waals surface area (Å²) in [6.45, 7) is 6.13. The number of piperazine rings is 1. The third-order valence-corrected chi connectivity index (χ3v) is 4.66. The number of nitrogens with one attached hydrogen (secondary N) is 1. The lowest BCUT2D eigenvalue weighted by Crippen LogP contribution is -2.49. The quantitative estimate of drug-likeness (QED) is 0.775. The Morgan fingerprint density at radius 2 is 1.85 bits per heavy atom. The van der Waals surface area contributed by atoms with Gasteiger partial charge in [-0.05, 0) is 18.6 Å². The molecule has 0 unspecified atom stereocenters. The van der Waals surface area contributed by atoms with Crippen molar-refractivity contribution in [1.82, 2.24) is 14.9 Å². The van der Waals surface area contributed by atoms with Gasteiger partial charge < -0.3 is 15.1 Å². The summed E-state index contributed by atoms with van der Waals surface area (Å²) in [4.78, 5) is 25.3. The fourth-order valence-corrected chi connectivity index (χ4v) is 3.13. The molecule has 1 aliphatic heterocycles. The Bertz CT molecular complexity index is 698. The average molecular weight is 353 g/mol. The molecule has 1 N–H and O–H groups in total. The molecule has 0 spiro atoms. The van der Waals surface area contributed by atoms with Crippen molar-refractivity contribution in [2.45, 2.75) is 26.2 Å². The number of benzene rings is 1. The van der Waals surface area contributed by atoms with Crippen molar-refractivity contribution < 1.29 is 4.79 Å². The van der Waals surface area contributed by atoms with Crippen LogP contribution in [-0.2, 0) is 0 Å². The van der Waals surface area contributed by atoms with Gasteiger partial charge in [0.15, 0.2) is 0 Å². The summed E-state index contributed by atoms with van der Waals surface area (Å²) >= 11 is 0. The highest BCUT2D eigenvalue weighted by Crippen LogP contribution is 2.17. The number of carbonyl (C=O) groups excluding carboxylic acids is 1. The Labute approximate surface area is 155 Å². The highest BCUT2D eigenvalue weighted by molar-refractivity contribution is 5.93. The Balaban J connectivity index is 1.55. The molecule has 1 aromatic heterocycles. The van der Waals surface area contributed by atoms with Crippen LogP contribution in [0, 0.1) is 0 Å². The number of carbonyl (C=O) groups is 1. The number of anilines is 2.